The first kappa shape index (κ1) is 22.6. The van der Waals surface area contributed by atoms with Crippen molar-refractivity contribution in [3.63, 3.8) is 0 Å². The highest BCUT2D eigenvalue weighted by Gasteiger charge is 2.41. The van der Waals surface area contributed by atoms with Crippen LogP contribution in [-0.4, -0.2) is 40.2 Å². The summed E-state index contributed by atoms with van der Waals surface area (Å²) in [5.74, 6) is 0.617. The van der Waals surface area contributed by atoms with Crippen molar-refractivity contribution < 1.29 is 9.53 Å². The maximum Gasteiger partial charge on any atom is 0.318 e. The predicted octanol–water partition coefficient (Wildman–Crippen LogP) is 4.71. The Morgan fingerprint density at radius 2 is 2.12 bits per heavy atom. The lowest BCUT2D eigenvalue weighted by molar-refractivity contribution is 0.0903. The predicted molar refractivity (Wildman–Crippen MR) is 126 cm³/mol. The second kappa shape index (κ2) is 9.46. The third-order valence-corrected chi connectivity index (χ3v) is 6.50. The second-order valence-electron chi connectivity index (χ2n) is 8.74. The number of halogens is 1. The minimum Gasteiger partial charge on any atom is -0.381 e. The lowest BCUT2D eigenvalue weighted by Gasteiger charge is -2.32. The van der Waals surface area contributed by atoms with E-state index in [2.05, 4.69) is 15.6 Å². The zero-order valence-electron chi connectivity index (χ0n) is 18.8. The fourth-order valence-corrected chi connectivity index (χ4v) is 4.43. The molecular formula is C24H30ClN5O2. The van der Waals surface area contributed by atoms with E-state index in [1.54, 1.807) is 0 Å². The van der Waals surface area contributed by atoms with Gasteiger partial charge in [-0.3, -0.25) is 0 Å². The van der Waals surface area contributed by atoms with Crippen molar-refractivity contribution in [3.05, 3.63) is 57.9 Å². The van der Waals surface area contributed by atoms with Gasteiger partial charge in [0.05, 0.1) is 17.8 Å². The summed E-state index contributed by atoms with van der Waals surface area (Å²) in [5.41, 5.74) is 3.30. The molecule has 0 unspecified atom stereocenters. The molecule has 1 saturated heterocycles. The van der Waals surface area contributed by atoms with Crippen LogP contribution in [0.5, 0.6) is 0 Å². The molecule has 170 valence electrons. The van der Waals surface area contributed by atoms with E-state index >= 15 is 0 Å². The molecule has 7 nitrogen and oxygen atoms in total. The first-order valence-electron chi connectivity index (χ1n) is 11.1. The molecule has 2 N–H and O–H groups in total. The number of nitrogens with zero attached hydrogens (tertiary/aromatic N) is 3. The molecule has 3 heterocycles. The fraction of sp³-hybridized carbons (Fsp3) is 0.458. The molecule has 2 aromatic rings. The van der Waals surface area contributed by atoms with Gasteiger partial charge in [-0.05, 0) is 56.9 Å². The van der Waals surface area contributed by atoms with E-state index in [0.29, 0.717) is 30.1 Å². The molecule has 0 atom stereocenters. The maximum absolute atomic E-state index is 13.1. The second-order valence-corrected chi connectivity index (χ2v) is 9.15. The van der Waals surface area contributed by atoms with Crippen molar-refractivity contribution in [3.8, 4) is 0 Å². The van der Waals surface area contributed by atoms with E-state index < -0.39 is 5.54 Å². The molecule has 8 heteroatoms. The van der Waals surface area contributed by atoms with Crippen LogP contribution in [0, 0.1) is 0 Å². The van der Waals surface area contributed by atoms with E-state index in [0.717, 1.165) is 48.4 Å². The number of hydrogen-bond donors (Lipinski definition) is 2. The summed E-state index contributed by atoms with van der Waals surface area (Å²) < 4.78 is 5.42. The third kappa shape index (κ3) is 4.74. The summed E-state index contributed by atoms with van der Waals surface area (Å²) in [6, 6.07) is 5.97. The van der Waals surface area contributed by atoms with E-state index in [1.807, 2.05) is 62.2 Å². The Morgan fingerprint density at radius 3 is 2.88 bits per heavy atom. The lowest BCUT2D eigenvalue weighted by atomic mass is 9.97. The fourth-order valence-electron chi connectivity index (χ4n) is 4.24. The smallest absolute Gasteiger partial charge is 0.318 e. The van der Waals surface area contributed by atoms with Gasteiger partial charge in [0.2, 0.25) is 5.95 Å². The number of anilines is 1. The number of allylic oxidation sites excluding steroid dienone is 1. The van der Waals surface area contributed by atoms with Gasteiger partial charge in [0.25, 0.3) is 0 Å². The number of fused-ring (bicyclic) bond motifs is 1. The standard InChI is InChI=1S/C24H30ClN5O2/c1-4-5-17-12-16(6-7-20(17)25)13-27-23(31)30-15-21-19(24(30,2)3)14-26-22(29-21)28-18-8-10-32-11-9-18/h4-7,12,14,18H,8-11,13,15H2,1-3H3,(H,27,31)(H,26,28,29)/b5-4+. The molecule has 0 bridgehead atoms. The molecule has 1 fully saturated rings. The van der Waals surface area contributed by atoms with Gasteiger partial charge in [-0.15, -0.1) is 0 Å². The molecule has 2 aliphatic rings. The van der Waals surface area contributed by atoms with Crippen LogP contribution in [0.1, 0.15) is 56.0 Å². The number of ether oxygens (including phenoxy) is 1. The highest BCUT2D eigenvalue weighted by molar-refractivity contribution is 6.32. The SMILES string of the molecule is C/C=C/c1cc(CNC(=O)N2Cc3nc(NC4CCOCC4)ncc3C2(C)C)ccc1Cl. The highest BCUT2D eigenvalue weighted by Crippen LogP contribution is 2.38. The number of aromatic nitrogens is 2. The van der Waals surface area contributed by atoms with Crippen LogP contribution in [0.25, 0.3) is 6.08 Å². The molecular weight excluding hydrogens is 426 g/mol. The normalized spacial score (nSPS) is 18.1. The zero-order chi connectivity index (χ0) is 22.7. The molecule has 4 rings (SSSR count). The summed E-state index contributed by atoms with van der Waals surface area (Å²) in [7, 11) is 0. The molecule has 1 aromatic heterocycles. The monoisotopic (exact) mass is 455 g/mol. The van der Waals surface area contributed by atoms with Crippen molar-refractivity contribution in [2.45, 2.75) is 58.3 Å². The summed E-state index contributed by atoms with van der Waals surface area (Å²) in [6.45, 7) is 8.39. The van der Waals surface area contributed by atoms with Crippen LogP contribution in [0.4, 0.5) is 10.7 Å². The number of carbonyl (C=O) groups excluding carboxylic acids is 1. The van der Waals surface area contributed by atoms with Crippen LogP contribution in [0.2, 0.25) is 5.02 Å². The molecule has 32 heavy (non-hydrogen) atoms. The summed E-state index contributed by atoms with van der Waals surface area (Å²) in [6.07, 6.45) is 7.64. The molecule has 2 aliphatic heterocycles. The van der Waals surface area contributed by atoms with Gasteiger partial charge in [0, 0.05) is 42.6 Å². The van der Waals surface area contributed by atoms with E-state index in [4.69, 9.17) is 21.3 Å². The third-order valence-electron chi connectivity index (χ3n) is 6.16. The van der Waals surface area contributed by atoms with Crippen LogP contribution in [0.3, 0.4) is 0 Å². The number of carbonyl (C=O) groups is 1. The quantitative estimate of drug-likeness (QED) is 0.682. The Balaban J connectivity index is 1.43. The van der Waals surface area contributed by atoms with Gasteiger partial charge >= 0.3 is 6.03 Å². The van der Waals surface area contributed by atoms with E-state index in [9.17, 15) is 4.79 Å². The van der Waals surface area contributed by atoms with Crippen molar-refractivity contribution >= 4 is 29.7 Å². The first-order valence-corrected chi connectivity index (χ1v) is 11.4. The van der Waals surface area contributed by atoms with Crippen LogP contribution in [-0.2, 0) is 23.4 Å². The molecule has 2 amide bonds. The number of rotatable bonds is 5. The van der Waals surface area contributed by atoms with Gasteiger partial charge in [-0.1, -0.05) is 29.8 Å². The van der Waals surface area contributed by atoms with Gasteiger partial charge in [0.15, 0.2) is 0 Å². The zero-order valence-corrected chi connectivity index (χ0v) is 19.6. The lowest BCUT2D eigenvalue weighted by Crippen LogP contribution is -2.45. The average Bonchev–Trinajstić information content (AvgIpc) is 3.05. The molecule has 1 aromatic carbocycles. The minimum absolute atomic E-state index is 0.130. The van der Waals surface area contributed by atoms with Crippen molar-refractivity contribution in [2.24, 2.45) is 0 Å². The summed E-state index contributed by atoms with van der Waals surface area (Å²) in [4.78, 5) is 24.1. The van der Waals surface area contributed by atoms with Gasteiger partial charge in [-0.2, -0.15) is 0 Å². The molecule has 0 radical (unpaired) electrons. The Morgan fingerprint density at radius 1 is 1.34 bits per heavy atom. The van der Waals surface area contributed by atoms with E-state index in [-0.39, 0.29) is 6.03 Å². The van der Waals surface area contributed by atoms with Crippen molar-refractivity contribution in [2.75, 3.05) is 18.5 Å². The minimum atomic E-state index is -0.493. The van der Waals surface area contributed by atoms with Crippen molar-refractivity contribution in [1.82, 2.24) is 20.2 Å². The Labute approximate surface area is 194 Å². The van der Waals surface area contributed by atoms with E-state index in [1.165, 1.54) is 0 Å². The number of amides is 2. The molecule has 0 spiro atoms. The number of benzene rings is 1. The van der Waals surface area contributed by atoms with Gasteiger partial charge < -0.3 is 20.3 Å². The van der Waals surface area contributed by atoms with Crippen molar-refractivity contribution in [1.29, 1.82) is 0 Å². The van der Waals surface area contributed by atoms with Crippen LogP contribution < -0.4 is 10.6 Å². The van der Waals surface area contributed by atoms with Crippen LogP contribution >= 0.6 is 11.6 Å². The Kier molecular flexibility index (Phi) is 6.67. The first-order chi connectivity index (χ1) is 15.4. The summed E-state index contributed by atoms with van der Waals surface area (Å²) >= 11 is 6.23. The topological polar surface area (TPSA) is 79.4 Å². The molecule has 0 saturated carbocycles. The van der Waals surface area contributed by atoms with Gasteiger partial charge in [0.1, 0.15) is 0 Å². The average molecular weight is 456 g/mol. The van der Waals surface area contributed by atoms with Gasteiger partial charge in [-0.25, -0.2) is 14.8 Å². The number of urea groups is 1. The largest absolute Gasteiger partial charge is 0.381 e. The Hall–Kier alpha value is -2.64. The maximum atomic E-state index is 13.1. The highest BCUT2D eigenvalue weighted by atomic mass is 35.5. The Bertz CT molecular complexity index is 1020. The summed E-state index contributed by atoms with van der Waals surface area (Å²) in [5, 5.41) is 7.15. The number of nitrogens with one attached hydrogen (secondary N) is 2. The molecule has 0 aliphatic carbocycles. The number of hydrogen-bond acceptors (Lipinski definition) is 5. The van der Waals surface area contributed by atoms with Crippen LogP contribution in [0.15, 0.2) is 30.5 Å².